The highest BCUT2D eigenvalue weighted by atomic mass is 32.1. The van der Waals surface area contributed by atoms with Gasteiger partial charge >= 0.3 is 0 Å². The molecule has 2 unspecified atom stereocenters. The number of carbonyl (C=O) groups is 1. The molecule has 1 N–H and O–H groups in total. The number of thiol groups is 1. The number of hydrogen-bond acceptors (Lipinski definition) is 4. The normalized spacial score (nSPS) is 25.8. The summed E-state index contributed by atoms with van der Waals surface area (Å²) in [6.45, 7) is 4.92. The first-order valence-corrected chi connectivity index (χ1v) is 5.37. The zero-order valence-corrected chi connectivity index (χ0v) is 9.59. The Hall–Kier alpha value is -0.260. The average molecular weight is 218 g/mol. The summed E-state index contributed by atoms with van der Waals surface area (Å²) in [7, 11) is 2.05. The van der Waals surface area contributed by atoms with Crippen molar-refractivity contribution in [3.8, 4) is 0 Å². The Labute approximate surface area is 90.4 Å². The van der Waals surface area contributed by atoms with E-state index >= 15 is 0 Å². The second-order valence-corrected chi connectivity index (χ2v) is 4.45. The minimum absolute atomic E-state index is 0.0369. The second kappa shape index (κ2) is 5.58. The van der Waals surface area contributed by atoms with Gasteiger partial charge in [-0.05, 0) is 14.0 Å². The van der Waals surface area contributed by atoms with Gasteiger partial charge in [-0.1, -0.05) is 0 Å². The van der Waals surface area contributed by atoms with Crippen molar-refractivity contribution in [3.63, 3.8) is 0 Å². The smallest absolute Gasteiger partial charge is 0.232 e. The molecule has 0 aliphatic carbocycles. The van der Waals surface area contributed by atoms with Gasteiger partial charge in [0.05, 0.1) is 18.0 Å². The monoisotopic (exact) mass is 218 g/mol. The molecule has 0 spiro atoms. The Morgan fingerprint density at radius 2 is 2.50 bits per heavy atom. The van der Waals surface area contributed by atoms with Crippen LogP contribution in [0, 0.1) is 0 Å². The summed E-state index contributed by atoms with van der Waals surface area (Å²) < 4.78 is 5.50. The van der Waals surface area contributed by atoms with E-state index in [1.807, 2.05) is 0 Å². The fourth-order valence-electron chi connectivity index (χ4n) is 1.35. The largest absolute Gasteiger partial charge is 0.374 e. The molecule has 14 heavy (non-hydrogen) atoms. The van der Waals surface area contributed by atoms with Crippen LogP contribution in [0.2, 0.25) is 0 Å². The average Bonchev–Trinajstić information content (AvgIpc) is 2.14. The molecule has 0 saturated carbocycles. The molecule has 5 heteroatoms. The summed E-state index contributed by atoms with van der Waals surface area (Å²) in [5, 5.41) is 2.55. The van der Waals surface area contributed by atoms with Crippen molar-refractivity contribution in [1.82, 2.24) is 10.2 Å². The molecule has 0 bridgehead atoms. The van der Waals surface area contributed by atoms with Crippen LogP contribution >= 0.6 is 12.6 Å². The van der Waals surface area contributed by atoms with Crippen molar-refractivity contribution < 1.29 is 9.53 Å². The summed E-state index contributed by atoms with van der Waals surface area (Å²) in [6.07, 6.45) is 0.116. The van der Waals surface area contributed by atoms with Crippen molar-refractivity contribution in [2.24, 2.45) is 0 Å². The fourth-order valence-corrected chi connectivity index (χ4v) is 1.44. The van der Waals surface area contributed by atoms with E-state index in [-0.39, 0.29) is 17.3 Å². The van der Waals surface area contributed by atoms with Crippen LogP contribution in [0.4, 0.5) is 0 Å². The first kappa shape index (κ1) is 11.8. The molecule has 82 valence electrons. The molecule has 0 aromatic carbocycles. The van der Waals surface area contributed by atoms with E-state index in [4.69, 9.17) is 4.74 Å². The van der Waals surface area contributed by atoms with Gasteiger partial charge in [0.1, 0.15) is 0 Å². The lowest BCUT2D eigenvalue weighted by Gasteiger charge is -2.30. The van der Waals surface area contributed by atoms with Crippen molar-refractivity contribution in [3.05, 3.63) is 0 Å². The standard InChI is InChI=1S/C9H18N2O2S/c1-7(14)9(12)10-5-8-6-11(2)3-4-13-8/h7-8,14H,3-6H2,1-2H3,(H,10,12). The summed E-state index contributed by atoms with van der Waals surface area (Å²) >= 11 is 4.05. The Balaban J connectivity index is 2.20. The Morgan fingerprint density at radius 1 is 1.79 bits per heavy atom. The predicted molar refractivity (Wildman–Crippen MR) is 58.7 cm³/mol. The van der Waals surface area contributed by atoms with Crippen LogP contribution in [-0.4, -0.2) is 55.4 Å². The third-order valence-electron chi connectivity index (χ3n) is 2.23. The second-order valence-electron chi connectivity index (χ2n) is 3.68. The van der Waals surface area contributed by atoms with Gasteiger partial charge in [0.25, 0.3) is 0 Å². The summed E-state index contributed by atoms with van der Waals surface area (Å²) in [4.78, 5) is 13.4. The highest BCUT2D eigenvalue weighted by molar-refractivity contribution is 7.81. The molecule has 1 saturated heterocycles. The minimum Gasteiger partial charge on any atom is -0.374 e. The van der Waals surface area contributed by atoms with Crippen molar-refractivity contribution in [2.75, 3.05) is 33.3 Å². The molecule has 1 fully saturated rings. The van der Waals surface area contributed by atoms with Gasteiger partial charge in [-0.25, -0.2) is 0 Å². The maximum absolute atomic E-state index is 11.2. The van der Waals surface area contributed by atoms with Gasteiger partial charge in [0.2, 0.25) is 5.91 Å². The maximum atomic E-state index is 11.2. The van der Waals surface area contributed by atoms with E-state index in [9.17, 15) is 4.79 Å². The number of nitrogens with zero attached hydrogens (tertiary/aromatic N) is 1. The quantitative estimate of drug-likeness (QED) is 0.642. The number of amides is 1. The molecule has 1 amide bonds. The molecule has 4 nitrogen and oxygen atoms in total. The first-order chi connectivity index (χ1) is 6.59. The van der Waals surface area contributed by atoms with Gasteiger partial charge in [-0.3, -0.25) is 4.79 Å². The lowest BCUT2D eigenvalue weighted by molar-refractivity contribution is -0.121. The van der Waals surface area contributed by atoms with E-state index in [0.717, 1.165) is 19.7 Å². The number of rotatable bonds is 3. The summed E-state index contributed by atoms with van der Waals surface area (Å²) in [6, 6.07) is 0. The first-order valence-electron chi connectivity index (χ1n) is 4.85. The predicted octanol–water partition coefficient (Wildman–Crippen LogP) is -0.249. The van der Waals surface area contributed by atoms with Crippen molar-refractivity contribution >= 4 is 18.5 Å². The lowest BCUT2D eigenvalue weighted by Crippen LogP contribution is -2.46. The van der Waals surface area contributed by atoms with Crippen LogP contribution in [-0.2, 0) is 9.53 Å². The van der Waals surface area contributed by atoms with Crippen molar-refractivity contribution in [2.45, 2.75) is 18.3 Å². The molecule has 0 aromatic heterocycles. The fraction of sp³-hybridized carbons (Fsp3) is 0.889. The number of morpholine rings is 1. The third-order valence-corrected chi connectivity index (χ3v) is 2.46. The van der Waals surface area contributed by atoms with Crippen molar-refractivity contribution in [1.29, 1.82) is 0 Å². The molecule has 1 rings (SSSR count). The van der Waals surface area contributed by atoms with Crippen LogP contribution in [0.3, 0.4) is 0 Å². The van der Waals surface area contributed by atoms with Gasteiger partial charge in [0.15, 0.2) is 0 Å². The van der Waals surface area contributed by atoms with E-state index in [1.54, 1.807) is 6.92 Å². The zero-order chi connectivity index (χ0) is 10.6. The van der Waals surface area contributed by atoms with Crippen LogP contribution in [0.25, 0.3) is 0 Å². The molecule has 0 aromatic rings. The Morgan fingerprint density at radius 3 is 3.07 bits per heavy atom. The van der Waals surface area contributed by atoms with Gasteiger partial charge in [-0.2, -0.15) is 12.6 Å². The molecule has 2 atom stereocenters. The van der Waals surface area contributed by atoms with E-state index in [2.05, 4.69) is 29.9 Å². The molecule has 1 aliphatic heterocycles. The number of carbonyl (C=O) groups excluding carboxylic acids is 1. The topological polar surface area (TPSA) is 41.6 Å². The molecular formula is C9H18N2O2S. The summed E-state index contributed by atoms with van der Waals surface area (Å²) in [5.74, 6) is -0.0369. The van der Waals surface area contributed by atoms with Crippen LogP contribution in [0.5, 0.6) is 0 Å². The van der Waals surface area contributed by atoms with Gasteiger partial charge in [-0.15, -0.1) is 0 Å². The third kappa shape index (κ3) is 3.86. The summed E-state index contributed by atoms with van der Waals surface area (Å²) in [5.41, 5.74) is 0. The van der Waals surface area contributed by atoms with Crippen LogP contribution < -0.4 is 5.32 Å². The van der Waals surface area contributed by atoms with E-state index < -0.39 is 0 Å². The number of likely N-dealkylation sites (N-methyl/N-ethyl adjacent to an activating group) is 1. The minimum atomic E-state index is -0.253. The molecular weight excluding hydrogens is 200 g/mol. The molecule has 1 heterocycles. The van der Waals surface area contributed by atoms with Crippen LogP contribution in [0.15, 0.2) is 0 Å². The highest BCUT2D eigenvalue weighted by Crippen LogP contribution is 2.02. The molecule has 1 aliphatic rings. The maximum Gasteiger partial charge on any atom is 0.232 e. The van der Waals surface area contributed by atoms with Gasteiger partial charge in [0, 0.05) is 19.6 Å². The lowest BCUT2D eigenvalue weighted by atomic mass is 10.3. The zero-order valence-electron chi connectivity index (χ0n) is 8.69. The Bertz CT molecular complexity index is 199. The number of nitrogens with one attached hydrogen (secondary N) is 1. The van der Waals surface area contributed by atoms with E-state index in [1.165, 1.54) is 0 Å². The van der Waals surface area contributed by atoms with E-state index in [0.29, 0.717) is 6.54 Å². The van der Waals surface area contributed by atoms with Crippen LogP contribution in [0.1, 0.15) is 6.92 Å². The SMILES string of the molecule is CC(S)C(=O)NCC1CN(C)CCO1. The molecule has 0 radical (unpaired) electrons. The van der Waals surface area contributed by atoms with Gasteiger partial charge < -0.3 is 15.0 Å². The number of hydrogen-bond donors (Lipinski definition) is 2. The Kier molecular flexibility index (Phi) is 4.71. The number of ether oxygens (including phenoxy) is 1. The highest BCUT2D eigenvalue weighted by Gasteiger charge is 2.18.